The summed E-state index contributed by atoms with van der Waals surface area (Å²) in [5.74, 6) is -0.670. The molecule has 7 nitrogen and oxygen atoms in total. The number of thiophene rings is 1. The van der Waals surface area contributed by atoms with Crippen molar-refractivity contribution in [1.82, 2.24) is 0 Å². The first kappa shape index (κ1) is 27.2. The predicted octanol–water partition coefficient (Wildman–Crippen LogP) is 5.93. The van der Waals surface area contributed by atoms with E-state index in [-0.39, 0.29) is 35.6 Å². The molecule has 0 aliphatic heterocycles. The number of carbonyl (C=O) groups is 2. The summed E-state index contributed by atoms with van der Waals surface area (Å²) in [6, 6.07) is 17.8. The smallest absolute Gasteiger partial charge is 0.348 e. The van der Waals surface area contributed by atoms with Gasteiger partial charge in [0.1, 0.15) is 29.4 Å². The number of ketones is 1. The maximum absolute atomic E-state index is 13.1. The normalized spacial score (nSPS) is 10.6. The monoisotopic (exact) mass is 529 g/mol. The average molecular weight is 530 g/mol. The van der Waals surface area contributed by atoms with Crippen LogP contribution in [0.15, 0.2) is 48.0 Å². The van der Waals surface area contributed by atoms with Gasteiger partial charge in [-0.05, 0) is 61.4 Å². The topological polar surface area (TPSA) is 124 Å². The van der Waals surface area contributed by atoms with Gasteiger partial charge in [-0.25, -0.2) is 4.79 Å². The van der Waals surface area contributed by atoms with Gasteiger partial charge in [-0.2, -0.15) is 15.8 Å². The summed E-state index contributed by atoms with van der Waals surface area (Å²) in [6.45, 7) is 3.68. The fraction of sp³-hybridized carbons (Fsp3) is 0.179. The van der Waals surface area contributed by atoms with Crippen molar-refractivity contribution in [3.8, 4) is 24.0 Å². The van der Waals surface area contributed by atoms with E-state index in [0.29, 0.717) is 32.3 Å². The molecule has 0 spiro atoms. The number of hydrogen-bond acceptors (Lipinski definition) is 8. The van der Waals surface area contributed by atoms with Crippen LogP contribution in [-0.4, -0.2) is 18.4 Å². The molecule has 9 heteroatoms. The molecule has 1 heterocycles. The molecule has 0 saturated carbocycles. The van der Waals surface area contributed by atoms with Gasteiger partial charge in [0.2, 0.25) is 0 Å². The van der Waals surface area contributed by atoms with Crippen LogP contribution in [0.3, 0.4) is 0 Å². The number of nitriles is 3. The molecule has 0 unspecified atom stereocenters. The molecule has 0 atom stereocenters. The molecular formula is C28H20ClN3O4S. The van der Waals surface area contributed by atoms with E-state index in [4.69, 9.17) is 26.3 Å². The van der Waals surface area contributed by atoms with Gasteiger partial charge in [0.05, 0.1) is 29.4 Å². The molecule has 0 amide bonds. The fourth-order valence-electron chi connectivity index (χ4n) is 3.41. The zero-order valence-corrected chi connectivity index (χ0v) is 21.6. The lowest BCUT2D eigenvalue weighted by Gasteiger charge is -2.10. The lowest BCUT2D eigenvalue weighted by Crippen LogP contribution is -2.05. The molecule has 2 aromatic carbocycles. The average Bonchev–Trinajstić information content (AvgIpc) is 3.21. The molecule has 0 bridgehead atoms. The number of allylic oxidation sites excluding steroid dienone is 1. The Morgan fingerprint density at radius 3 is 2.43 bits per heavy atom. The molecule has 0 N–H and O–H groups in total. The standard InChI is InChI=1S/C28H20ClN3O4S/c1-3-35-28(34)27-17(2)23(15-32)26(37-27)12-24(33)21(14-31)10-20-11-22(29)8-9-25(20)36-16-19-6-4-18(13-30)5-7-19/h4-11H,3,12,16H2,1-2H3/b21-10+. The zero-order chi connectivity index (χ0) is 26.9. The lowest BCUT2D eigenvalue weighted by molar-refractivity contribution is -0.114. The summed E-state index contributed by atoms with van der Waals surface area (Å²) in [6.07, 6.45) is 1.16. The number of hydrogen-bond donors (Lipinski definition) is 0. The van der Waals surface area contributed by atoms with Crippen LogP contribution in [0.2, 0.25) is 5.02 Å². The second kappa shape index (κ2) is 12.5. The summed E-state index contributed by atoms with van der Waals surface area (Å²) in [5.41, 5.74) is 2.32. The minimum atomic E-state index is -0.556. The minimum absolute atomic E-state index is 0.155. The van der Waals surface area contributed by atoms with E-state index in [1.807, 2.05) is 12.1 Å². The first-order chi connectivity index (χ1) is 17.8. The Kier molecular flexibility index (Phi) is 9.19. The maximum atomic E-state index is 13.1. The van der Waals surface area contributed by atoms with Gasteiger partial charge in [0, 0.05) is 21.9 Å². The molecule has 3 rings (SSSR count). The summed E-state index contributed by atoms with van der Waals surface area (Å²) >= 11 is 7.17. The number of rotatable bonds is 9. The van der Waals surface area contributed by atoms with Crippen molar-refractivity contribution < 1.29 is 19.1 Å². The lowest BCUT2D eigenvalue weighted by atomic mass is 10.0. The van der Waals surface area contributed by atoms with Crippen LogP contribution < -0.4 is 4.74 Å². The van der Waals surface area contributed by atoms with Crippen LogP contribution >= 0.6 is 22.9 Å². The molecule has 1 aromatic heterocycles. The molecule has 37 heavy (non-hydrogen) atoms. The SMILES string of the molecule is CCOC(=O)c1sc(CC(=O)/C(C#N)=C/c2cc(Cl)ccc2OCc2ccc(C#N)cc2)c(C#N)c1C. The van der Waals surface area contributed by atoms with Gasteiger partial charge < -0.3 is 9.47 Å². The van der Waals surface area contributed by atoms with Crippen LogP contribution in [0.5, 0.6) is 5.75 Å². The Bertz CT molecular complexity index is 1500. The van der Waals surface area contributed by atoms with Crippen LogP contribution in [0.4, 0.5) is 0 Å². The third kappa shape index (κ3) is 6.63. The molecule has 0 fully saturated rings. The number of esters is 1. The number of benzene rings is 2. The molecule has 0 aliphatic rings. The Hall–Kier alpha value is -4.42. The van der Waals surface area contributed by atoms with E-state index in [0.717, 1.165) is 16.9 Å². The van der Waals surface area contributed by atoms with E-state index < -0.39 is 11.8 Å². The maximum Gasteiger partial charge on any atom is 0.348 e. The largest absolute Gasteiger partial charge is 0.488 e. The number of nitrogens with zero attached hydrogens (tertiary/aromatic N) is 3. The van der Waals surface area contributed by atoms with E-state index in [1.165, 1.54) is 6.08 Å². The highest BCUT2D eigenvalue weighted by atomic mass is 35.5. The third-order valence-corrected chi connectivity index (χ3v) is 6.79. The number of Topliss-reactive ketones (excluding diaryl/α,β-unsaturated/α-hetero) is 1. The second-order valence-electron chi connectivity index (χ2n) is 7.74. The Balaban J connectivity index is 1.87. The second-order valence-corrected chi connectivity index (χ2v) is 9.28. The van der Waals surface area contributed by atoms with Crippen molar-refractivity contribution in [2.75, 3.05) is 6.61 Å². The van der Waals surface area contributed by atoms with E-state index in [2.05, 4.69) is 6.07 Å². The van der Waals surface area contributed by atoms with Gasteiger partial charge in [-0.15, -0.1) is 11.3 Å². The van der Waals surface area contributed by atoms with Gasteiger partial charge in [-0.3, -0.25) is 4.79 Å². The van der Waals surface area contributed by atoms with Crippen LogP contribution in [0.25, 0.3) is 6.08 Å². The summed E-state index contributed by atoms with van der Waals surface area (Å²) in [5, 5.41) is 28.6. The Morgan fingerprint density at radius 2 is 1.81 bits per heavy atom. The molecule has 0 saturated heterocycles. The van der Waals surface area contributed by atoms with Crippen LogP contribution in [-0.2, 0) is 22.6 Å². The molecule has 0 radical (unpaired) electrons. The van der Waals surface area contributed by atoms with E-state index in [1.54, 1.807) is 56.3 Å². The van der Waals surface area contributed by atoms with Gasteiger partial charge >= 0.3 is 5.97 Å². The summed E-state index contributed by atoms with van der Waals surface area (Å²) < 4.78 is 10.9. The van der Waals surface area contributed by atoms with Crippen molar-refractivity contribution in [1.29, 1.82) is 15.8 Å². The Labute approximate surface area is 223 Å². The van der Waals surface area contributed by atoms with Gasteiger partial charge in [0.15, 0.2) is 5.78 Å². The van der Waals surface area contributed by atoms with Crippen molar-refractivity contribution in [2.45, 2.75) is 26.9 Å². The number of halogens is 1. The summed E-state index contributed by atoms with van der Waals surface area (Å²) in [4.78, 5) is 25.9. The third-order valence-electron chi connectivity index (χ3n) is 5.28. The molecular weight excluding hydrogens is 510 g/mol. The highest BCUT2D eigenvalue weighted by Gasteiger charge is 2.23. The van der Waals surface area contributed by atoms with E-state index >= 15 is 0 Å². The summed E-state index contributed by atoms with van der Waals surface area (Å²) in [7, 11) is 0. The number of ether oxygens (including phenoxy) is 2. The molecule has 0 aliphatic carbocycles. The first-order valence-corrected chi connectivity index (χ1v) is 12.3. The minimum Gasteiger partial charge on any atom is -0.488 e. The van der Waals surface area contributed by atoms with Crippen molar-refractivity contribution in [2.24, 2.45) is 0 Å². The van der Waals surface area contributed by atoms with Crippen molar-refractivity contribution >= 4 is 40.8 Å². The fourth-order valence-corrected chi connectivity index (χ4v) is 4.74. The van der Waals surface area contributed by atoms with E-state index in [9.17, 15) is 20.1 Å². The quantitative estimate of drug-likeness (QED) is 0.191. The Morgan fingerprint density at radius 1 is 1.08 bits per heavy atom. The molecule has 3 aromatic rings. The molecule has 184 valence electrons. The highest BCUT2D eigenvalue weighted by Crippen LogP contribution is 2.31. The van der Waals surface area contributed by atoms with Gasteiger partial charge in [-0.1, -0.05) is 23.7 Å². The number of carbonyl (C=O) groups excluding carboxylic acids is 2. The van der Waals surface area contributed by atoms with Gasteiger partial charge in [0.25, 0.3) is 0 Å². The first-order valence-electron chi connectivity index (χ1n) is 11.1. The highest BCUT2D eigenvalue weighted by molar-refractivity contribution is 7.14. The van der Waals surface area contributed by atoms with Crippen molar-refractivity contribution in [3.05, 3.63) is 90.6 Å². The van der Waals surface area contributed by atoms with Crippen LogP contribution in [0.1, 0.15) is 49.3 Å². The predicted molar refractivity (Wildman–Crippen MR) is 139 cm³/mol. The zero-order valence-electron chi connectivity index (χ0n) is 20.0. The van der Waals surface area contributed by atoms with Crippen LogP contribution in [0, 0.1) is 40.9 Å². The van der Waals surface area contributed by atoms with Crippen molar-refractivity contribution in [3.63, 3.8) is 0 Å².